The second kappa shape index (κ2) is 6.66. The first kappa shape index (κ1) is 17.5. The average molecular weight is 368 g/mol. The minimum atomic E-state index is -0.266. The van der Waals surface area contributed by atoms with Crippen molar-refractivity contribution in [2.24, 2.45) is 7.05 Å². The van der Waals surface area contributed by atoms with Crippen LogP contribution in [0, 0.1) is 0 Å². The largest absolute Gasteiger partial charge is 0.504 e. The Labute approximate surface area is 158 Å². The van der Waals surface area contributed by atoms with Gasteiger partial charge in [0, 0.05) is 44.5 Å². The van der Waals surface area contributed by atoms with Crippen LogP contribution in [0.1, 0.15) is 0 Å². The number of hydrogen-bond acceptors (Lipinski definition) is 6. The predicted molar refractivity (Wildman–Crippen MR) is 106 cm³/mol. The Morgan fingerprint density at radius 1 is 1.00 bits per heavy atom. The van der Waals surface area contributed by atoms with Crippen LogP contribution in [0.2, 0.25) is 0 Å². The van der Waals surface area contributed by atoms with Crippen molar-refractivity contribution in [1.82, 2.24) is 14.5 Å². The van der Waals surface area contributed by atoms with Gasteiger partial charge < -0.3 is 29.3 Å². The molecule has 7 nitrogen and oxygen atoms in total. The zero-order valence-electron chi connectivity index (χ0n) is 15.8. The molecule has 0 radical (unpaired) electrons. The van der Waals surface area contributed by atoms with Gasteiger partial charge in [-0.1, -0.05) is 0 Å². The molecule has 0 bridgehead atoms. The van der Waals surface area contributed by atoms with E-state index in [1.807, 2.05) is 11.6 Å². The van der Waals surface area contributed by atoms with Gasteiger partial charge in [-0.15, -0.1) is 0 Å². The maximum absolute atomic E-state index is 10.00. The van der Waals surface area contributed by atoms with Crippen molar-refractivity contribution in [2.75, 3.05) is 45.2 Å². The number of anilines is 1. The quantitative estimate of drug-likeness (QED) is 0.692. The van der Waals surface area contributed by atoms with Gasteiger partial charge >= 0.3 is 0 Å². The second-order valence-electron chi connectivity index (χ2n) is 7.00. The molecule has 4 rings (SSSR count). The third kappa shape index (κ3) is 3.04. The topological polar surface area (TPSA) is 74.0 Å². The number of hydrogen-bond donors (Lipinski definition) is 2. The third-order valence-corrected chi connectivity index (χ3v) is 5.27. The van der Waals surface area contributed by atoms with E-state index in [2.05, 4.69) is 35.0 Å². The molecule has 0 aliphatic carbocycles. The molecule has 2 aromatic carbocycles. The Morgan fingerprint density at radius 2 is 1.74 bits per heavy atom. The summed E-state index contributed by atoms with van der Waals surface area (Å²) in [4.78, 5) is 9.49. The summed E-state index contributed by atoms with van der Waals surface area (Å²) in [7, 11) is 5.54. The summed E-state index contributed by atoms with van der Waals surface area (Å²) in [6, 6.07) is 9.50. The molecule has 2 heterocycles. The SMILES string of the molecule is COc1cc(-c2nc3cc(N4CCN(C)CC4)ccc3n2C)cc(O)c1O. The molecule has 2 N–H and O–H groups in total. The van der Waals surface area contributed by atoms with Gasteiger partial charge in [0.05, 0.1) is 18.1 Å². The Kier molecular flexibility index (Phi) is 4.31. The fourth-order valence-electron chi connectivity index (χ4n) is 3.59. The molecule has 3 aromatic rings. The normalized spacial score (nSPS) is 15.4. The molecule has 142 valence electrons. The summed E-state index contributed by atoms with van der Waals surface area (Å²) in [6.07, 6.45) is 0. The van der Waals surface area contributed by atoms with Crippen LogP contribution < -0.4 is 9.64 Å². The van der Waals surface area contributed by atoms with Crippen molar-refractivity contribution < 1.29 is 14.9 Å². The van der Waals surface area contributed by atoms with Crippen LogP contribution in [0.15, 0.2) is 30.3 Å². The number of nitrogens with zero attached hydrogens (tertiary/aromatic N) is 4. The monoisotopic (exact) mass is 368 g/mol. The molecule has 0 saturated carbocycles. The third-order valence-electron chi connectivity index (χ3n) is 5.27. The Hall–Kier alpha value is -2.93. The highest BCUT2D eigenvalue weighted by atomic mass is 16.5. The molecule has 7 heteroatoms. The van der Waals surface area contributed by atoms with Gasteiger partial charge in [0.25, 0.3) is 0 Å². The lowest BCUT2D eigenvalue weighted by molar-refractivity contribution is 0.313. The molecule has 27 heavy (non-hydrogen) atoms. The molecule has 1 aromatic heterocycles. The minimum Gasteiger partial charge on any atom is -0.504 e. The van der Waals surface area contributed by atoms with Crippen molar-refractivity contribution in [3.63, 3.8) is 0 Å². The lowest BCUT2D eigenvalue weighted by Crippen LogP contribution is -2.44. The molecule has 1 aliphatic heterocycles. The van der Waals surface area contributed by atoms with Crippen molar-refractivity contribution in [1.29, 1.82) is 0 Å². The number of rotatable bonds is 3. The van der Waals surface area contributed by atoms with Crippen molar-refractivity contribution in [3.8, 4) is 28.6 Å². The van der Waals surface area contributed by atoms with Gasteiger partial charge in [-0.25, -0.2) is 4.98 Å². The molecule has 0 spiro atoms. The number of phenolic OH excluding ortho intramolecular Hbond substituents is 2. The van der Waals surface area contributed by atoms with E-state index in [4.69, 9.17) is 9.72 Å². The highest BCUT2D eigenvalue weighted by Crippen LogP contribution is 2.40. The van der Waals surface area contributed by atoms with E-state index in [9.17, 15) is 10.2 Å². The molecular formula is C20H24N4O3. The molecule has 1 fully saturated rings. The maximum Gasteiger partial charge on any atom is 0.200 e. The summed E-state index contributed by atoms with van der Waals surface area (Å²) >= 11 is 0. The number of aryl methyl sites for hydroxylation is 1. The summed E-state index contributed by atoms with van der Waals surface area (Å²) < 4.78 is 7.13. The molecule has 0 amide bonds. The van der Waals surface area contributed by atoms with E-state index in [0.717, 1.165) is 37.2 Å². The predicted octanol–water partition coefficient (Wildman–Crippen LogP) is 2.41. The van der Waals surface area contributed by atoms with Gasteiger partial charge in [-0.2, -0.15) is 0 Å². The second-order valence-corrected chi connectivity index (χ2v) is 7.00. The number of ether oxygens (including phenoxy) is 1. The first-order valence-electron chi connectivity index (χ1n) is 8.98. The Bertz CT molecular complexity index is 991. The van der Waals surface area contributed by atoms with Crippen LogP contribution in [-0.2, 0) is 7.05 Å². The first-order chi connectivity index (χ1) is 13.0. The molecule has 0 atom stereocenters. The summed E-state index contributed by atoms with van der Waals surface area (Å²) in [6.45, 7) is 4.12. The van der Waals surface area contributed by atoms with E-state index in [1.165, 1.54) is 18.9 Å². The number of aromatic hydroxyl groups is 2. The van der Waals surface area contributed by atoms with Gasteiger partial charge in [-0.05, 0) is 37.4 Å². The number of benzene rings is 2. The lowest BCUT2D eigenvalue weighted by Gasteiger charge is -2.34. The molecular weight excluding hydrogens is 344 g/mol. The number of piperazine rings is 1. The van der Waals surface area contributed by atoms with E-state index in [1.54, 1.807) is 6.07 Å². The van der Waals surface area contributed by atoms with Crippen molar-refractivity contribution in [3.05, 3.63) is 30.3 Å². The fourth-order valence-corrected chi connectivity index (χ4v) is 3.59. The molecule has 1 saturated heterocycles. The first-order valence-corrected chi connectivity index (χ1v) is 8.98. The summed E-state index contributed by atoms with van der Waals surface area (Å²) in [5.74, 6) is 0.427. The Balaban J connectivity index is 1.75. The van der Waals surface area contributed by atoms with Gasteiger partial charge in [-0.3, -0.25) is 0 Å². The highest BCUT2D eigenvalue weighted by Gasteiger charge is 2.18. The smallest absolute Gasteiger partial charge is 0.200 e. The zero-order valence-corrected chi connectivity index (χ0v) is 15.8. The minimum absolute atomic E-state index is 0.218. The van der Waals surface area contributed by atoms with Crippen LogP contribution in [0.25, 0.3) is 22.4 Å². The standard InChI is InChI=1S/C20H24N4O3/c1-22-6-8-24(9-7-22)14-4-5-16-15(12-14)21-20(23(16)2)13-10-17(25)19(26)18(11-13)27-3/h4-5,10-12,25-26H,6-9H2,1-3H3. The van der Waals surface area contributed by atoms with Crippen LogP contribution in [-0.4, -0.2) is 65.0 Å². The van der Waals surface area contributed by atoms with E-state index in [0.29, 0.717) is 11.4 Å². The maximum atomic E-state index is 10.00. The number of methoxy groups -OCH3 is 1. The summed E-state index contributed by atoms with van der Waals surface area (Å²) in [5, 5.41) is 19.9. The number of fused-ring (bicyclic) bond motifs is 1. The average Bonchev–Trinajstić information content (AvgIpc) is 3.00. The van der Waals surface area contributed by atoms with Crippen LogP contribution in [0.5, 0.6) is 17.2 Å². The van der Waals surface area contributed by atoms with Crippen molar-refractivity contribution >= 4 is 16.7 Å². The van der Waals surface area contributed by atoms with Crippen molar-refractivity contribution in [2.45, 2.75) is 0 Å². The number of imidazole rings is 1. The number of phenols is 2. The lowest BCUT2D eigenvalue weighted by atomic mass is 10.1. The number of likely N-dealkylation sites (N-methyl/N-ethyl adjacent to an activating group) is 1. The van der Waals surface area contributed by atoms with Gasteiger partial charge in [0.1, 0.15) is 5.82 Å². The van der Waals surface area contributed by atoms with Gasteiger partial charge in [0.15, 0.2) is 11.5 Å². The van der Waals surface area contributed by atoms with Crippen LogP contribution >= 0.6 is 0 Å². The molecule has 0 unspecified atom stereocenters. The van der Waals surface area contributed by atoms with Crippen LogP contribution in [0.4, 0.5) is 5.69 Å². The van der Waals surface area contributed by atoms with E-state index >= 15 is 0 Å². The highest BCUT2D eigenvalue weighted by molar-refractivity contribution is 5.84. The fraction of sp³-hybridized carbons (Fsp3) is 0.350. The summed E-state index contributed by atoms with van der Waals surface area (Å²) in [5.41, 5.74) is 3.76. The van der Waals surface area contributed by atoms with Crippen LogP contribution in [0.3, 0.4) is 0 Å². The zero-order chi connectivity index (χ0) is 19.1. The Morgan fingerprint density at radius 3 is 2.44 bits per heavy atom. The van der Waals surface area contributed by atoms with E-state index in [-0.39, 0.29) is 17.2 Å². The van der Waals surface area contributed by atoms with E-state index < -0.39 is 0 Å². The molecule has 1 aliphatic rings. The number of aromatic nitrogens is 2. The van der Waals surface area contributed by atoms with Gasteiger partial charge in [0.2, 0.25) is 5.75 Å².